The summed E-state index contributed by atoms with van der Waals surface area (Å²) in [4.78, 5) is 13.0. The molecule has 1 aromatic rings. The molecule has 1 aromatic carbocycles. The largest absolute Gasteiger partial charge is 0.350 e. The second-order valence-electron chi connectivity index (χ2n) is 4.63. The number of benzene rings is 1. The third-order valence-corrected chi connectivity index (χ3v) is 4.05. The lowest BCUT2D eigenvalue weighted by Gasteiger charge is -2.38. The Morgan fingerprint density at radius 3 is 2.44 bits per heavy atom. The van der Waals surface area contributed by atoms with E-state index in [9.17, 15) is 4.79 Å². The predicted molar refractivity (Wildman–Crippen MR) is 78.6 cm³/mol. The molecule has 0 unspecified atom stereocenters. The van der Waals surface area contributed by atoms with Gasteiger partial charge in [-0.1, -0.05) is 0 Å². The van der Waals surface area contributed by atoms with Crippen LogP contribution in [0.5, 0.6) is 0 Å². The first kappa shape index (κ1) is 15.3. The predicted octanol–water partition coefficient (Wildman–Crippen LogP) is 2.44. The van der Waals surface area contributed by atoms with E-state index in [0.717, 1.165) is 17.7 Å². The van der Waals surface area contributed by atoms with Crippen molar-refractivity contribution < 1.29 is 4.79 Å². The van der Waals surface area contributed by atoms with Gasteiger partial charge in [-0.15, -0.1) is 24.2 Å². The number of carbonyl (C=O) groups excluding carboxylic acids is 1. The van der Waals surface area contributed by atoms with Crippen LogP contribution in [0.4, 0.5) is 0 Å². The molecule has 0 atom stereocenters. The maximum Gasteiger partial charge on any atom is 0.251 e. The second-order valence-corrected chi connectivity index (χ2v) is 5.51. The first-order valence-electron chi connectivity index (χ1n) is 5.84. The van der Waals surface area contributed by atoms with Crippen LogP contribution in [0.25, 0.3) is 0 Å². The molecule has 2 rings (SSSR count). The number of hydrogen-bond acceptors (Lipinski definition) is 3. The van der Waals surface area contributed by atoms with Crippen LogP contribution in [-0.2, 0) is 0 Å². The maximum absolute atomic E-state index is 11.9. The van der Waals surface area contributed by atoms with Gasteiger partial charge in [-0.3, -0.25) is 4.79 Å². The van der Waals surface area contributed by atoms with Crippen LogP contribution in [-0.4, -0.2) is 24.2 Å². The van der Waals surface area contributed by atoms with Gasteiger partial charge in [-0.2, -0.15) is 0 Å². The second kappa shape index (κ2) is 6.45. The van der Waals surface area contributed by atoms with Crippen LogP contribution in [0.3, 0.4) is 0 Å². The zero-order chi connectivity index (χ0) is 12.3. The highest BCUT2D eigenvalue weighted by molar-refractivity contribution is 7.98. The number of nitrogens with two attached hydrogens (primary N) is 1. The van der Waals surface area contributed by atoms with Gasteiger partial charge in [0.25, 0.3) is 5.91 Å². The van der Waals surface area contributed by atoms with Gasteiger partial charge >= 0.3 is 0 Å². The molecular formula is C13H19ClN2OS. The van der Waals surface area contributed by atoms with Crippen molar-refractivity contribution in [2.45, 2.75) is 29.7 Å². The Bertz CT molecular complexity index is 404. The summed E-state index contributed by atoms with van der Waals surface area (Å²) in [5.41, 5.74) is 6.60. The summed E-state index contributed by atoms with van der Waals surface area (Å²) >= 11 is 1.67. The first-order chi connectivity index (χ1) is 8.13. The number of hydrogen-bond donors (Lipinski definition) is 2. The third kappa shape index (κ3) is 3.64. The van der Waals surface area contributed by atoms with E-state index in [2.05, 4.69) is 5.32 Å². The number of nitrogens with one attached hydrogen (secondary N) is 1. The van der Waals surface area contributed by atoms with Gasteiger partial charge in [0.1, 0.15) is 0 Å². The summed E-state index contributed by atoms with van der Waals surface area (Å²) in [6.45, 7) is 0.579. The van der Waals surface area contributed by atoms with Crippen molar-refractivity contribution in [2.24, 2.45) is 5.73 Å². The number of rotatable bonds is 4. The SMILES string of the molecule is CSc1ccc(C(=O)NCC2(N)CCC2)cc1.Cl. The van der Waals surface area contributed by atoms with Gasteiger partial charge in [0, 0.05) is 22.5 Å². The maximum atomic E-state index is 11.9. The highest BCUT2D eigenvalue weighted by Gasteiger charge is 2.32. The van der Waals surface area contributed by atoms with Crippen molar-refractivity contribution in [3.63, 3.8) is 0 Å². The van der Waals surface area contributed by atoms with Gasteiger partial charge in [0.05, 0.1) is 0 Å². The fourth-order valence-corrected chi connectivity index (χ4v) is 2.32. The number of carbonyl (C=O) groups is 1. The van der Waals surface area contributed by atoms with Gasteiger partial charge in [0.15, 0.2) is 0 Å². The van der Waals surface area contributed by atoms with E-state index in [1.54, 1.807) is 11.8 Å². The average Bonchev–Trinajstić information content (AvgIpc) is 2.33. The van der Waals surface area contributed by atoms with Gasteiger partial charge in [0.2, 0.25) is 0 Å². The van der Waals surface area contributed by atoms with Crippen molar-refractivity contribution >= 4 is 30.1 Å². The molecule has 0 saturated heterocycles. The normalized spacial score (nSPS) is 16.3. The van der Waals surface area contributed by atoms with Crippen molar-refractivity contribution in [3.05, 3.63) is 29.8 Å². The first-order valence-corrected chi connectivity index (χ1v) is 7.07. The molecule has 0 radical (unpaired) electrons. The molecule has 1 amide bonds. The number of amides is 1. The van der Waals surface area contributed by atoms with E-state index in [-0.39, 0.29) is 23.9 Å². The lowest BCUT2D eigenvalue weighted by molar-refractivity contribution is 0.0929. The molecule has 0 aromatic heterocycles. The zero-order valence-electron chi connectivity index (χ0n) is 10.4. The topological polar surface area (TPSA) is 55.1 Å². The molecule has 0 bridgehead atoms. The van der Waals surface area contributed by atoms with Crippen molar-refractivity contribution in [3.8, 4) is 0 Å². The van der Waals surface area contributed by atoms with E-state index < -0.39 is 0 Å². The lowest BCUT2D eigenvalue weighted by Crippen LogP contribution is -2.54. The Balaban J connectivity index is 0.00000162. The molecule has 3 N–H and O–H groups in total. The van der Waals surface area contributed by atoms with Crippen LogP contribution >= 0.6 is 24.2 Å². The molecular weight excluding hydrogens is 268 g/mol. The highest BCUT2D eigenvalue weighted by atomic mass is 35.5. The Hall–Kier alpha value is -0.710. The van der Waals surface area contributed by atoms with Gasteiger partial charge in [-0.25, -0.2) is 0 Å². The van der Waals surface area contributed by atoms with Crippen LogP contribution < -0.4 is 11.1 Å². The molecule has 0 aliphatic heterocycles. The van der Waals surface area contributed by atoms with Crippen molar-refractivity contribution in [1.82, 2.24) is 5.32 Å². The summed E-state index contributed by atoms with van der Waals surface area (Å²) in [7, 11) is 0. The Morgan fingerprint density at radius 2 is 2.00 bits per heavy atom. The van der Waals surface area contributed by atoms with Crippen LogP contribution in [0.2, 0.25) is 0 Å². The Labute approximate surface area is 118 Å². The van der Waals surface area contributed by atoms with E-state index in [0.29, 0.717) is 12.1 Å². The number of thioether (sulfide) groups is 1. The molecule has 1 fully saturated rings. The standard InChI is InChI=1S/C13H18N2OS.ClH/c1-17-11-5-3-10(4-6-11)12(16)15-9-13(14)7-2-8-13;/h3-6H,2,7-9,14H2,1H3,(H,15,16);1H. The molecule has 1 aliphatic rings. The number of halogens is 1. The summed E-state index contributed by atoms with van der Waals surface area (Å²) in [6, 6.07) is 7.62. The monoisotopic (exact) mass is 286 g/mol. The fourth-order valence-electron chi connectivity index (χ4n) is 1.91. The van der Waals surface area contributed by atoms with Crippen molar-refractivity contribution in [2.75, 3.05) is 12.8 Å². The van der Waals surface area contributed by atoms with E-state index in [1.165, 1.54) is 6.42 Å². The molecule has 18 heavy (non-hydrogen) atoms. The molecule has 5 heteroatoms. The molecule has 100 valence electrons. The molecule has 1 aliphatic carbocycles. The van der Waals surface area contributed by atoms with E-state index in [4.69, 9.17) is 5.73 Å². The summed E-state index contributed by atoms with van der Waals surface area (Å²) < 4.78 is 0. The van der Waals surface area contributed by atoms with Gasteiger partial charge in [-0.05, 0) is 49.8 Å². The van der Waals surface area contributed by atoms with E-state index in [1.807, 2.05) is 30.5 Å². The minimum absolute atomic E-state index is 0. The molecule has 1 saturated carbocycles. The quantitative estimate of drug-likeness (QED) is 0.836. The van der Waals surface area contributed by atoms with Crippen LogP contribution in [0, 0.1) is 0 Å². The van der Waals surface area contributed by atoms with Crippen molar-refractivity contribution in [1.29, 1.82) is 0 Å². The Morgan fingerprint density at radius 1 is 1.39 bits per heavy atom. The lowest BCUT2D eigenvalue weighted by atomic mass is 9.78. The minimum Gasteiger partial charge on any atom is -0.350 e. The molecule has 0 heterocycles. The van der Waals surface area contributed by atoms with Gasteiger partial charge < -0.3 is 11.1 Å². The fraction of sp³-hybridized carbons (Fsp3) is 0.462. The summed E-state index contributed by atoms with van der Waals surface area (Å²) in [5.74, 6) is -0.0330. The Kier molecular flexibility index (Phi) is 5.50. The summed E-state index contributed by atoms with van der Waals surface area (Å²) in [6.07, 6.45) is 5.22. The smallest absolute Gasteiger partial charge is 0.251 e. The van der Waals surface area contributed by atoms with E-state index >= 15 is 0 Å². The molecule has 3 nitrogen and oxygen atoms in total. The van der Waals surface area contributed by atoms with Crippen LogP contribution in [0.1, 0.15) is 29.6 Å². The average molecular weight is 287 g/mol. The molecule has 0 spiro atoms. The zero-order valence-corrected chi connectivity index (χ0v) is 12.1. The minimum atomic E-state index is -0.158. The third-order valence-electron chi connectivity index (χ3n) is 3.30. The van der Waals surface area contributed by atoms with Crippen LogP contribution in [0.15, 0.2) is 29.2 Å². The highest BCUT2D eigenvalue weighted by Crippen LogP contribution is 2.28. The summed E-state index contributed by atoms with van der Waals surface area (Å²) in [5, 5.41) is 2.91.